The Morgan fingerprint density at radius 3 is 2.08 bits per heavy atom. The highest BCUT2D eigenvalue weighted by molar-refractivity contribution is 7.16. The summed E-state index contributed by atoms with van der Waals surface area (Å²) in [6.07, 6.45) is -0.272. The topological polar surface area (TPSA) is 29.5 Å². The van der Waals surface area contributed by atoms with Crippen LogP contribution in [0.25, 0.3) is 0 Å². The first kappa shape index (κ1) is 18.6. The van der Waals surface area contributed by atoms with E-state index < -0.39 is 0 Å². The van der Waals surface area contributed by atoms with E-state index in [2.05, 4.69) is 0 Å². The third-order valence-electron chi connectivity index (χ3n) is 4.03. The summed E-state index contributed by atoms with van der Waals surface area (Å²) in [4.78, 5) is 15.2. The van der Waals surface area contributed by atoms with E-state index in [1.165, 1.54) is 11.3 Å². The van der Waals surface area contributed by atoms with Crippen molar-refractivity contribution in [1.82, 2.24) is 4.90 Å². The third-order valence-corrected chi connectivity index (χ3v) is 5.24. The lowest BCUT2D eigenvalue weighted by Crippen LogP contribution is -2.30. The minimum atomic E-state index is -0.272. The molecule has 1 aromatic heterocycles. The maximum atomic E-state index is 12.5. The van der Waals surface area contributed by atoms with Crippen molar-refractivity contribution in [3.63, 3.8) is 0 Å². The van der Waals surface area contributed by atoms with E-state index in [-0.39, 0.29) is 18.6 Å². The first-order chi connectivity index (χ1) is 12.6. The maximum absolute atomic E-state index is 12.5. The standard InChI is InChI=1S/C21H20ClNO2S/c1-23(14-18-12-13-19(22)26-18)20(24)15-25-21(16-8-4-2-5-9-16)17-10-6-3-7-11-17/h2-13,21H,14-15H2,1H3. The molecule has 3 rings (SSSR count). The Hall–Kier alpha value is -2.14. The Morgan fingerprint density at radius 1 is 1.00 bits per heavy atom. The van der Waals surface area contributed by atoms with Gasteiger partial charge in [-0.15, -0.1) is 11.3 Å². The zero-order valence-electron chi connectivity index (χ0n) is 14.5. The summed E-state index contributed by atoms with van der Waals surface area (Å²) in [6, 6.07) is 23.7. The number of thiophene rings is 1. The van der Waals surface area contributed by atoms with Crippen molar-refractivity contribution in [3.8, 4) is 0 Å². The number of hydrogen-bond donors (Lipinski definition) is 0. The minimum absolute atomic E-state index is 0.0179. The van der Waals surface area contributed by atoms with Crippen LogP contribution in [-0.4, -0.2) is 24.5 Å². The van der Waals surface area contributed by atoms with E-state index in [4.69, 9.17) is 16.3 Å². The number of carbonyl (C=O) groups is 1. The normalized spacial score (nSPS) is 10.9. The average Bonchev–Trinajstić information content (AvgIpc) is 3.08. The molecule has 2 aromatic carbocycles. The van der Waals surface area contributed by atoms with E-state index in [9.17, 15) is 4.79 Å². The van der Waals surface area contributed by atoms with Crippen LogP contribution in [0.3, 0.4) is 0 Å². The molecular weight excluding hydrogens is 366 g/mol. The van der Waals surface area contributed by atoms with Crippen molar-refractivity contribution in [1.29, 1.82) is 0 Å². The monoisotopic (exact) mass is 385 g/mol. The number of hydrogen-bond acceptors (Lipinski definition) is 3. The largest absolute Gasteiger partial charge is 0.359 e. The van der Waals surface area contributed by atoms with Gasteiger partial charge in [-0.3, -0.25) is 4.79 Å². The van der Waals surface area contributed by atoms with Crippen LogP contribution in [0.1, 0.15) is 22.1 Å². The van der Waals surface area contributed by atoms with E-state index in [0.717, 1.165) is 20.3 Å². The van der Waals surface area contributed by atoms with Crippen molar-refractivity contribution < 1.29 is 9.53 Å². The number of carbonyl (C=O) groups excluding carboxylic acids is 1. The van der Waals surface area contributed by atoms with Crippen molar-refractivity contribution in [2.75, 3.05) is 13.7 Å². The fourth-order valence-electron chi connectivity index (χ4n) is 2.66. The Labute approximate surface area is 162 Å². The van der Waals surface area contributed by atoms with Gasteiger partial charge < -0.3 is 9.64 Å². The number of ether oxygens (including phenoxy) is 1. The van der Waals surface area contributed by atoms with Gasteiger partial charge in [0.2, 0.25) is 5.91 Å². The van der Waals surface area contributed by atoms with Crippen molar-refractivity contribution in [2.24, 2.45) is 0 Å². The molecule has 0 N–H and O–H groups in total. The molecule has 0 saturated carbocycles. The number of benzene rings is 2. The van der Waals surface area contributed by atoms with Crippen LogP contribution in [0.2, 0.25) is 4.34 Å². The molecule has 0 aliphatic rings. The summed E-state index contributed by atoms with van der Waals surface area (Å²) < 4.78 is 6.75. The Morgan fingerprint density at radius 2 is 1.58 bits per heavy atom. The summed E-state index contributed by atoms with van der Waals surface area (Å²) in [7, 11) is 1.78. The molecule has 5 heteroatoms. The van der Waals surface area contributed by atoms with Crippen molar-refractivity contribution >= 4 is 28.8 Å². The predicted octanol–water partition coefficient (Wildman–Crippen LogP) is 5.17. The first-order valence-electron chi connectivity index (χ1n) is 8.33. The molecule has 1 amide bonds. The second-order valence-corrected chi connectivity index (χ2v) is 7.77. The quantitative estimate of drug-likeness (QED) is 0.561. The van der Waals surface area contributed by atoms with Gasteiger partial charge in [0.15, 0.2) is 0 Å². The number of nitrogens with zero attached hydrogens (tertiary/aromatic N) is 1. The van der Waals surface area contributed by atoms with Crippen LogP contribution in [0.5, 0.6) is 0 Å². The van der Waals surface area contributed by atoms with Gasteiger partial charge in [-0.2, -0.15) is 0 Å². The van der Waals surface area contributed by atoms with Crippen LogP contribution in [0.15, 0.2) is 72.8 Å². The average molecular weight is 386 g/mol. The van der Waals surface area contributed by atoms with Crippen LogP contribution < -0.4 is 0 Å². The Bertz CT molecular complexity index is 796. The van der Waals surface area contributed by atoms with Gasteiger partial charge in [-0.1, -0.05) is 72.3 Å². The van der Waals surface area contributed by atoms with Gasteiger partial charge in [-0.05, 0) is 23.3 Å². The molecule has 0 saturated heterocycles. The summed E-state index contributed by atoms with van der Waals surface area (Å²) in [5.41, 5.74) is 2.05. The number of amides is 1. The van der Waals surface area contributed by atoms with Crippen LogP contribution >= 0.6 is 22.9 Å². The molecule has 134 valence electrons. The summed E-state index contributed by atoms with van der Waals surface area (Å²) in [5, 5.41) is 0. The molecule has 0 aliphatic carbocycles. The minimum Gasteiger partial charge on any atom is -0.359 e. The molecule has 0 fully saturated rings. The van der Waals surface area contributed by atoms with Gasteiger partial charge >= 0.3 is 0 Å². The number of likely N-dealkylation sites (N-methyl/N-ethyl adjacent to an activating group) is 1. The lowest BCUT2D eigenvalue weighted by molar-refractivity contribution is -0.136. The van der Waals surface area contributed by atoms with Gasteiger partial charge in [0.1, 0.15) is 12.7 Å². The molecule has 1 heterocycles. The van der Waals surface area contributed by atoms with E-state index in [1.54, 1.807) is 11.9 Å². The fourth-order valence-corrected chi connectivity index (χ4v) is 3.81. The molecular formula is C21H20ClNO2S. The highest BCUT2D eigenvalue weighted by Gasteiger charge is 2.18. The molecule has 3 nitrogen and oxygen atoms in total. The molecule has 3 aromatic rings. The van der Waals surface area contributed by atoms with E-state index in [1.807, 2.05) is 72.8 Å². The van der Waals surface area contributed by atoms with Crippen LogP contribution in [0.4, 0.5) is 0 Å². The van der Waals surface area contributed by atoms with Gasteiger partial charge in [0.05, 0.1) is 10.9 Å². The SMILES string of the molecule is CN(Cc1ccc(Cl)s1)C(=O)COC(c1ccccc1)c1ccccc1. The first-order valence-corrected chi connectivity index (χ1v) is 9.52. The third kappa shape index (κ3) is 4.94. The summed E-state index contributed by atoms with van der Waals surface area (Å²) >= 11 is 7.43. The molecule has 26 heavy (non-hydrogen) atoms. The highest BCUT2D eigenvalue weighted by atomic mass is 35.5. The lowest BCUT2D eigenvalue weighted by atomic mass is 10.0. The van der Waals surface area contributed by atoms with Crippen LogP contribution in [0, 0.1) is 0 Å². The van der Waals surface area contributed by atoms with Gasteiger partial charge in [-0.25, -0.2) is 0 Å². The van der Waals surface area contributed by atoms with E-state index in [0.29, 0.717) is 6.54 Å². The second kappa shape index (κ2) is 8.99. The molecule has 0 bridgehead atoms. The molecule has 0 radical (unpaired) electrons. The molecule has 0 unspecified atom stereocenters. The van der Waals surface area contributed by atoms with Gasteiger partial charge in [0, 0.05) is 11.9 Å². The Balaban J connectivity index is 1.66. The smallest absolute Gasteiger partial charge is 0.248 e. The van der Waals surface area contributed by atoms with Crippen molar-refractivity contribution in [2.45, 2.75) is 12.6 Å². The van der Waals surface area contributed by atoms with Gasteiger partial charge in [0.25, 0.3) is 0 Å². The number of halogens is 1. The summed E-state index contributed by atoms with van der Waals surface area (Å²) in [5.74, 6) is -0.0635. The predicted molar refractivity (Wildman–Crippen MR) is 106 cm³/mol. The maximum Gasteiger partial charge on any atom is 0.248 e. The molecule has 0 atom stereocenters. The number of rotatable bonds is 7. The highest BCUT2D eigenvalue weighted by Crippen LogP contribution is 2.26. The lowest BCUT2D eigenvalue weighted by Gasteiger charge is -2.21. The van der Waals surface area contributed by atoms with E-state index >= 15 is 0 Å². The second-order valence-electron chi connectivity index (χ2n) is 5.97. The zero-order chi connectivity index (χ0) is 18.4. The van der Waals surface area contributed by atoms with Crippen LogP contribution in [-0.2, 0) is 16.1 Å². The van der Waals surface area contributed by atoms with Crippen molar-refractivity contribution in [3.05, 3.63) is 93.1 Å². The summed E-state index contributed by atoms with van der Waals surface area (Å²) in [6.45, 7) is 0.547. The fraction of sp³-hybridized carbons (Fsp3) is 0.190. The Kier molecular flexibility index (Phi) is 6.45. The zero-order valence-corrected chi connectivity index (χ0v) is 16.0. The molecule has 0 spiro atoms. The molecule has 0 aliphatic heterocycles.